The van der Waals surface area contributed by atoms with Gasteiger partial charge in [-0.25, -0.2) is 5.10 Å². The van der Waals surface area contributed by atoms with E-state index < -0.39 is 0 Å². The molecule has 1 aromatic heterocycles. The van der Waals surface area contributed by atoms with Gasteiger partial charge in [-0.2, -0.15) is 15.3 Å². The summed E-state index contributed by atoms with van der Waals surface area (Å²) >= 11 is 0. The summed E-state index contributed by atoms with van der Waals surface area (Å²) in [6, 6.07) is 1.90. The van der Waals surface area contributed by atoms with Crippen molar-refractivity contribution in [2.75, 3.05) is 38.5 Å². The van der Waals surface area contributed by atoms with E-state index in [9.17, 15) is 4.79 Å². The normalized spacial score (nSPS) is 17.1. The number of hydrogen-bond acceptors (Lipinski definition) is 6. The van der Waals surface area contributed by atoms with Gasteiger partial charge in [0.2, 0.25) is 5.95 Å². The molecule has 0 bridgehead atoms. The number of piperazine rings is 1. The number of amides is 1. The topological polar surface area (TPSA) is 101 Å². The largest absolute Gasteiger partial charge is 0.335 e. The second-order valence-corrected chi connectivity index (χ2v) is 4.24. The number of likely N-dealkylation sites (N-methyl/N-ethyl adjacent to an activating group) is 1. The van der Waals surface area contributed by atoms with Crippen molar-refractivity contribution in [3.05, 3.63) is 18.1 Å². The van der Waals surface area contributed by atoms with Crippen molar-refractivity contribution in [3.8, 4) is 6.07 Å². The number of rotatable bonds is 3. The van der Waals surface area contributed by atoms with Gasteiger partial charge in [-0.1, -0.05) is 0 Å². The molecule has 100 valence electrons. The van der Waals surface area contributed by atoms with Crippen LogP contribution in [0.4, 0.5) is 5.95 Å². The van der Waals surface area contributed by atoms with Crippen molar-refractivity contribution in [2.24, 2.45) is 0 Å². The maximum atomic E-state index is 12.1. The molecule has 0 aromatic carbocycles. The van der Waals surface area contributed by atoms with E-state index in [1.165, 1.54) is 12.5 Å². The minimum atomic E-state index is -0.261. The van der Waals surface area contributed by atoms with Crippen LogP contribution in [0.15, 0.2) is 18.1 Å². The van der Waals surface area contributed by atoms with Crippen LogP contribution < -0.4 is 5.32 Å². The number of aromatic amines is 1. The Morgan fingerprint density at radius 3 is 2.84 bits per heavy atom. The van der Waals surface area contributed by atoms with Gasteiger partial charge in [0.25, 0.3) is 5.91 Å². The predicted molar refractivity (Wildman–Crippen MR) is 67.8 cm³/mol. The van der Waals surface area contributed by atoms with E-state index >= 15 is 0 Å². The molecule has 8 nitrogen and oxygen atoms in total. The van der Waals surface area contributed by atoms with E-state index in [4.69, 9.17) is 5.26 Å². The number of aromatic nitrogens is 3. The third kappa shape index (κ3) is 3.29. The van der Waals surface area contributed by atoms with Crippen molar-refractivity contribution in [1.82, 2.24) is 25.0 Å². The Morgan fingerprint density at radius 2 is 2.26 bits per heavy atom. The highest BCUT2D eigenvalue weighted by molar-refractivity contribution is 5.97. The first kappa shape index (κ1) is 13.0. The van der Waals surface area contributed by atoms with Gasteiger partial charge in [0.05, 0.1) is 0 Å². The lowest BCUT2D eigenvalue weighted by Crippen LogP contribution is -2.47. The van der Waals surface area contributed by atoms with E-state index in [-0.39, 0.29) is 11.5 Å². The third-order valence-electron chi connectivity index (χ3n) is 2.91. The first-order chi connectivity index (χ1) is 9.20. The summed E-state index contributed by atoms with van der Waals surface area (Å²) < 4.78 is 0. The molecule has 1 aliphatic rings. The van der Waals surface area contributed by atoms with Crippen LogP contribution >= 0.6 is 0 Å². The molecule has 1 amide bonds. The van der Waals surface area contributed by atoms with E-state index in [2.05, 4.69) is 25.4 Å². The van der Waals surface area contributed by atoms with E-state index in [1.54, 1.807) is 4.90 Å². The van der Waals surface area contributed by atoms with Gasteiger partial charge in [-0.15, -0.1) is 0 Å². The number of H-pyrrole nitrogens is 1. The van der Waals surface area contributed by atoms with Crippen LogP contribution in [0.5, 0.6) is 0 Å². The predicted octanol–water partition coefficient (Wildman–Crippen LogP) is -0.602. The van der Waals surface area contributed by atoms with Crippen LogP contribution in [0.3, 0.4) is 0 Å². The van der Waals surface area contributed by atoms with Crippen LogP contribution in [-0.4, -0.2) is 64.1 Å². The Bertz CT molecular complexity index is 494. The Morgan fingerprint density at radius 1 is 1.53 bits per heavy atom. The smallest absolute Gasteiger partial charge is 0.266 e. The van der Waals surface area contributed by atoms with Crippen molar-refractivity contribution >= 4 is 11.9 Å². The molecule has 0 aliphatic carbocycles. The van der Waals surface area contributed by atoms with Gasteiger partial charge in [0, 0.05) is 32.4 Å². The van der Waals surface area contributed by atoms with Crippen LogP contribution in [-0.2, 0) is 4.79 Å². The monoisotopic (exact) mass is 261 g/mol. The molecule has 0 spiro atoms. The summed E-state index contributed by atoms with van der Waals surface area (Å²) in [6.45, 7) is 2.91. The minimum Gasteiger partial charge on any atom is -0.335 e. The molecule has 1 saturated heterocycles. The number of nitriles is 1. The maximum Gasteiger partial charge on any atom is 0.266 e. The molecular weight excluding hydrogens is 246 g/mol. The molecule has 1 aliphatic heterocycles. The number of carbonyl (C=O) groups is 1. The molecule has 0 saturated carbocycles. The SMILES string of the molecule is CN1CCN(C(=O)/C(C#N)=C\Nc2ncn[nH]2)CC1. The maximum absolute atomic E-state index is 12.1. The Hall–Kier alpha value is -2.40. The fraction of sp³-hybridized carbons (Fsp3) is 0.455. The lowest BCUT2D eigenvalue weighted by Gasteiger charge is -2.32. The highest BCUT2D eigenvalue weighted by atomic mass is 16.2. The Kier molecular flexibility index (Phi) is 4.10. The molecule has 2 heterocycles. The molecular formula is C11H15N7O. The fourth-order valence-corrected chi connectivity index (χ4v) is 1.74. The van der Waals surface area contributed by atoms with Crippen molar-refractivity contribution < 1.29 is 4.79 Å². The summed E-state index contributed by atoms with van der Waals surface area (Å²) in [7, 11) is 2.01. The lowest BCUT2D eigenvalue weighted by molar-refractivity contribution is -0.128. The Labute approximate surface area is 110 Å². The number of hydrogen-bond donors (Lipinski definition) is 2. The van der Waals surface area contributed by atoms with E-state index in [1.807, 2.05) is 13.1 Å². The number of anilines is 1. The highest BCUT2D eigenvalue weighted by Gasteiger charge is 2.22. The summed E-state index contributed by atoms with van der Waals surface area (Å²) in [4.78, 5) is 19.8. The summed E-state index contributed by atoms with van der Waals surface area (Å²) in [5.74, 6) is 0.126. The summed E-state index contributed by atoms with van der Waals surface area (Å²) in [6.07, 6.45) is 2.69. The number of nitrogens with zero attached hydrogens (tertiary/aromatic N) is 5. The van der Waals surface area contributed by atoms with Gasteiger partial charge in [-0.05, 0) is 7.05 Å². The van der Waals surface area contributed by atoms with Gasteiger partial charge < -0.3 is 15.1 Å². The first-order valence-electron chi connectivity index (χ1n) is 5.90. The van der Waals surface area contributed by atoms with Crippen LogP contribution in [0.25, 0.3) is 0 Å². The van der Waals surface area contributed by atoms with Crippen molar-refractivity contribution in [1.29, 1.82) is 5.26 Å². The molecule has 1 aromatic rings. The Balaban J connectivity index is 1.99. The van der Waals surface area contributed by atoms with Gasteiger partial charge in [0.1, 0.15) is 18.0 Å². The highest BCUT2D eigenvalue weighted by Crippen LogP contribution is 2.06. The molecule has 8 heteroatoms. The third-order valence-corrected chi connectivity index (χ3v) is 2.91. The number of nitrogens with one attached hydrogen (secondary N) is 2. The van der Waals surface area contributed by atoms with E-state index in [0.717, 1.165) is 13.1 Å². The minimum absolute atomic E-state index is 0.0564. The molecule has 2 rings (SSSR count). The molecule has 2 N–H and O–H groups in total. The average molecular weight is 261 g/mol. The first-order valence-corrected chi connectivity index (χ1v) is 5.90. The zero-order chi connectivity index (χ0) is 13.7. The number of carbonyl (C=O) groups excluding carboxylic acids is 1. The van der Waals surface area contributed by atoms with Crippen molar-refractivity contribution in [3.63, 3.8) is 0 Å². The molecule has 1 fully saturated rings. The van der Waals surface area contributed by atoms with Crippen LogP contribution in [0.2, 0.25) is 0 Å². The second-order valence-electron chi connectivity index (χ2n) is 4.24. The van der Waals surface area contributed by atoms with Crippen LogP contribution in [0, 0.1) is 11.3 Å². The van der Waals surface area contributed by atoms with Gasteiger partial charge in [0.15, 0.2) is 0 Å². The quantitative estimate of drug-likeness (QED) is 0.556. The molecule has 0 atom stereocenters. The van der Waals surface area contributed by atoms with Gasteiger partial charge in [-0.3, -0.25) is 4.79 Å². The van der Waals surface area contributed by atoms with Crippen LogP contribution in [0.1, 0.15) is 0 Å². The van der Waals surface area contributed by atoms with Crippen molar-refractivity contribution in [2.45, 2.75) is 0 Å². The molecule has 0 radical (unpaired) electrons. The standard InChI is InChI=1S/C11H15N7O/c1-17-2-4-18(5-3-17)10(19)9(6-12)7-13-11-14-8-15-16-11/h7-8H,2-5H2,1H3,(H2,13,14,15,16)/b9-7-. The average Bonchev–Trinajstić information content (AvgIpc) is 2.93. The van der Waals surface area contributed by atoms with E-state index in [0.29, 0.717) is 19.0 Å². The second kappa shape index (κ2) is 5.97. The van der Waals surface area contributed by atoms with Gasteiger partial charge >= 0.3 is 0 Å². The molecule has 0 unspecified atom stereocenters. The fourth-order valence-electron chi connectivity index (χ4n) is 1.74. The lowest BCUT2D eigenvalue weighted by atomic mass is 10.2. The molecule has 19 heavy (non-hydrogen) atoms. The zero-order valence-electron chi connectivity index (χ0n) is 10.6. The zero-order valence-corrected chi connectivity index (χ0v) is 10.6. The summed E-state index contributed by atoms with van der Waals surface area (Å²) in [5, 5.41) is 18.0. The summed E-state index contributed by atoms with van der Waals surface area (Å²) in [5.41, 5.74) is 0.0564.